The number of alkyl halides is 1. The van der Waals surface area contributed by atoms with Gasteiger partial charge in [-0.25, -0.2) is 8.42 Å². The van der Waals surface area contributed by atoms with E-state index in [1.807, 2.05) is 0 Å². The summed E-state index contributed by atoms with van der Waals surface area (Å²) in [7, 11) is -2.85. The van der Waals surface area contributed by atoms with E-state index in [9.17, 15) is 13.2 Å². The highest BCUT2D eigenvalue weighted by Crippen LogP contribution is 2.18. The molecule has 0 saturated carbocycles. The van der Waals surface area contributed by atoms with Crippen molar-refractivity contribution in [3.05, 3.63) is 0 Å². The Balaban J connectivity index is 2.47. The third-order valence-corrected chi connectivity index (χ3v) is 4.51. The van der Waals surface area contributed by atoms with Crippen LogP contribution in [-0.2, 0) is 14.6 Å². The molecule has 0 bridgehead atoms. The highest BCUT2D eigenvalue weighted by molar-refractivity contribution is 9.10. The van der Waals surface area contributed by atoms with Crippen LogP contribution in [0.15, 0.2) is 0 Å². The minimum atomic E-state index is -2.85. The maximum Gasteiger partial charge on any atom is 0.236 e. The average Bonchev–Trinajstić information content (AvgIpc) is 2.07. The van der Waals surface area contributed by atoms with Crippen LogP contribution in [-0.4, -0.2) is 36.2 Å². The minimum Gasteiger partial charge on any atom is -0.352 e. The molecule has 1 rings (SSSR count). The molecule has 1 saturated heterocycles. The summed E-state index contributed by atoms with van der Waals surface area (Å²) in [5.74, 6) is 0.271. The number of hydrogen-bond acceptors (Lipinski definition) is 3. The molecular formula is C9H16BrNO3S. The highest BCUT2D eigenvalue weighted by atomic mass is 79.9. The monoisotopic (exact) mass is 297 g/mol. The Hall–Kier alpha value is -0.100. The number of rotatable bonds is 2. The van der Waals surface area contributed by atoms with Gasteiger partial charge >= 0.3 is 0 Å². The number of nitrogens with one attached hydrogen (secondary N) is 1. The summed E-state index contributed by atoms with van der Waals surface area (Å²) in [5.41, 5.74) is 0. The van der Waals surface area contributed by atoms with Gasteiger partial charge in [-0.2, -0.15) is 0 Å². The summed E-state index contributed by atoms with van der Waals surface area (Å²) < 4.78 is 21.7. The number of sulfone groups is 1. The van der Waals surface area contributed by atoms with Crippen LogP contribution >= 0.6 is 15.9 Å². The Kier molecular flexibility index (Phi) is 3.81. The Morgan fingerprint density at radius 3 is 2.20 bits per heavy atom. The largest absolute Gasteiger partial charge is 0.352 e. The topological polar surface area (TPSA) is 63.2 Å². The van der Waals surface area contributed by atoms with E-state index < -0.39 is 14.2 Å². The van der Waals surface area contributed by atoms with E-state index in [1.165, 1.54) is 0 Å². The average molecular weight is 298 g/mol. The molecule has 1 heterocycles. The highest BCUT2D eigenvalue weighted by Gasteiger charge is 2.29. The molecule has 88 valence electrons. The van der Waals surface area contributed by atoms with Crippen molar-refractivity contribution in [3.8, 4) is 0 Å². The van der Waals surface area contributed by atoms with Gasteiger partial charge in [-0.05, 0) is 26.7 Å². The Morgan fingerprint density at radius 2 is 1.80 bits per heavy atom. The SMILES string of the molecule is CC(C)(Br)C(=O)NC1CCS(=O)(=O)CC1. The molecule has 0 aromatic carbocycles. The van der Waals surface area contributed by atoms with Crippen molar-refractivity contribution in [2.45, 2.75) is 37.1 Å². The lowest BCUT2D eigenvalue weighted by molar-refractivity contribution is -0.123. The minimum absolute atomic E-state index is 0.00199. The number of hydrogen-bond donors (Lipinski definition) is 1. The van der Waals surface area contributed by atoms with Gasteiger partial charge in [-0.15, -0.1) is 0 Å². The zero-order valence-corrected chi connectivity index (χ0v) is 11.3. The second kappa shape index (κ2) is 4.41. The van der Waals surface area contributed by atoms with Crippen LogP contribution in [0, 0.1) is 0 Å². The summed E-state index contributed by atoms with van der Waals surface area (Å²) in [5, 5.41) is 2.85. The van der Waals surface area contributed by atoms with Crippen LogP contribution in [0.25, 0.3) is 0 Å². The van der Waals surface area contributed by atoms with E-state index in [1.54, 1.807) is 13.8 Å². The van der Waals surface area contributed by atoms with Crippen molar-refractivity contribution in [3.63, 3.8) is 0 Å². The van der Waals surface area contributed by atoms with Crippen LogP contribution in [0.5, 0.6) is 0 Å². The molecule has 0 unspecified atom stereocenters. The zero-order chi connectivity index (χ0) is 11.7. The van der Waals surface area contributed by atoms with Crippen molar-refractivity contribution in [1.29, 1.82) is 0 Å². The summed E-state index contributed by atoms with van der Waals surface area (Å²) in [6, 6.07) is -0.00199. The molecule has 0 radical (unpaired) electrons. The van der Waals surface area contributed by atoms with Gasteiger partial charge in [0.15, 0.2) is 0 Å². The molecule has 1 fully saturated rings. The van der Waals surface area contributed by atoms with Crippen molar-refractivity contribution in [2.75, 3.05) is 11.5 Å². The predicted molar refractivity (Wildman–Crippen MR) is 62.8 cm³/mol. The van der Waals surface area contributed by atoms with Crippen LogP contribution in [0.3, 0.4) is 0 Å². The molecule has 1 N–H and O–H groups in total. The lowest BCUT2D eigenvalue weighted by Crippen LogP contribution is -2.46. The maximum atomic E-state index is 11.6. The second-order valence-corrected chi connectivity index (χ2v) is 8.66. The fourth-order valence-electron chi connectivity index (χ4n) is 1.39. The number of carbonyl (C=O) groups excluding carboxylic acids is 1. The lowest BCUT2D eigenvalue weighted by Gasteiger charge is -2.26. The van der Waals surface area contributed by atoms with Gasteiger partial charge in [0.2, 0.25) is 5.91 Å². The molecule has 15 heavy (non-hydrogen) atoms. The van der Waals surface area contributed by atoms with Crippen LogP contribution in [0.1, 0.15) is 26.7 Å². The normalized spacial score (nSPS) is 22.3. The molecule has 1 aliphatic rings. The first-order valence-electron chi connectivity index (χ1n) is 4.91. The van der Waals surface area contributed by atoms with E-state index in [4.69, 9.17) is 0 Å². The third kappa shape index (κ3) is 4.10. The van der Waals surface area contributed by atoms with Crippen molar-refractivity contribution >= 4 is 31.7 Å². The third-order valence-electron chi connectivity index (χ3n) is 2.43. The molecular weight excluding hydrogens is 282 g/mol. The van der Waals surface area contributed by atoms with Gasteiger partial charge in [-0.1, -0.05) is 15.9 Å². The number of carbonyl (C=O) groups is 1. The number of amides is 1. The standard InChI is InChI=1S/C9H16BrNO3S/c1-9(2,10)8(12)11-7-3-5-15(13,14)6-4-7/h7H,3-6H2,1-2H3,(H,11,12). The van der Waals surface area contributed by atoms with E-state index in [0.717, 1.165) is 0 Å². The molecule has 1 amide bonds. The first-order valence-corrected chi connectivity index (χ1v) is 7.52. The Morgan fingerprint density at radius 1 is 1.33 bits per heavy atom. The van der Waals surface area contributed by atoms with Gasteiger partial charge in [0.1, 0.15) is 9.84 Å². The Labute approximate surface area is 98.9 Å². The van der Waals surface area contributed by atoms with Crippen molar-refractivity contribution < 1.29 is 13.2 Å². The summed E-state index contributed by atoms with van der Waals surface area (Å²) in [6.45, 7) is 3.53. The quantitative estimate of drug-likeness (QED) is 0.769. The molecule has 4 nitrogen and oxygen atoms in total. The molecule has 0 aliphatic carbocycles. The van der Waals surface area contributed by atoms with E-state index in [2.05, 4.69) is 21.2 Å². The first-order chi connectivity index (χ1) is 6.71. The lowest BCUT2D eigenvalue weighted by atomic mass is 10.1. The molecule has 1 aliphatic heterocycles. The maximum absolute atomic E-state index is 11.6. The van der Waals surface area contributed by atoms with Crippen LogP contribution in [0.2, 0.25) is 0 Å². The van der Waals surface area contributed by atoms with E-state index in [0.29, 0.717) is 12.8 Å². The fourth-order valence-corrected chi connectivity index (χ4v) is 3.00. The molecule has 0 atom stereocenters. The van der Waals surface area contributed by atoms with Crippen molar-refractivity contribution in [1.82, 2.24) is 5.32 Å². The first kappa shape index (κ1) is 13.0. The predicted octanol–water partition coefficient (Wildman–Crippen LogP) is 0.853. The van der Waals surface area contributed by atoms with Gasteiger partial charge in [-0.3, -0.25) is 4.79 Å². The fraction of sp³-hybridized carbons (Fsp3) is 0.889. The number of halogens is 1. The smallest absolute Gasteiger partial charge is 0.236 e. The van der Waals surface area contributed by atoms with Crippen LogP contribution < -0.4 is 5.32 Å². The van der Waals surface area contributed by atoms with Gasteiger partial charge < -0.3 is 5.32 Å². The van der Waals surface area contributed by atoms with E-state index >= 15 is 0 Å². The van der Waals surface area contributed by atoms with Gasteiger partial charge in [0, 0.05) is 6.04 Å². The summed E-state index contributed by atoms with van der Waals surface area (Å²) >= 11 is 3.26. The van der Waals surface area contributed by atoms with Gasteiger partial charge in [0.05, 0.1) is 15.8 Å². The summed E-state index contributed by atoms with van der Waals surface area (Å²) in [4.78, 5) is 11.6. The van der Waals surface area contributed by atoms with Gasteiger partial charge in [0.25, 0.3) is 0 Å². The Bertz CT molecular complexity index is 331. The van der Waals surface area contributed by atoms with Crippen LogP contribution in [0.4, 0.5) is 0 Å². The van der Waals surface area contributed by atoms with Crippen molar-refractivity contribution in [2.24, 2.45) is 0 Å². The molecule has 0 spiro atoms. The second-order valence-electron chi connectivity index (χ2n) is 4.37. The summed E-state index contributed by atoms with van der Waals surface area (Å²) in [6.07, 6.45) is 1.05. The zero-order valence-electron chi connectivity index (χ0n) is 8.92. The molecule has 6 heteroatoms. The molecule has 0 aromatic heterocycles. The van der Waals surface area contributed by atoms with E-state index in [-0.39, 0.29) is 23.5 Å². The molecule has 0 aromatic rings.